The number of para-hydroxylation sites is 4. The van der Waals surface area contributed by atoms with Crippen LogP contribution in [0.25, 0.3) is 22.1 Å². The molecule has 0 spiro atoms. The van der Waals surface area contributed by atoms with Crippen molar-refractivity contribution in [2.24, 2.45) is 10.2 Å². The number of nitrogens with one attached hydrogen (secondary N) is 4. The van der Waals surface area contributed by atoms with E-state index in [-0.39, 0.29) is 5.75 Å². The first kappa shape index (κ1) is 21.0. The average molecular weight is 454 g/mol. The number of imidazole rings is 2. The molecule has 0 amide bonds. The molecule has 170 valence electrons. The Balaban J connectivity index is 1.35. The number of aromatic nitrogens is 4. The lowest BCUT2D eigenvalue weighted by Gasteiger charge is -2.08. The van der Waals surface area contributed by atoms with Crippen LogP contribution in [0.15, 0.2) is 70.9 Å². The van der Waals surface area contributed by atoms with E-state index in [1.54, 1.807) is 12.1 Å². The second-order valence-electron chi connectivity index (χ2n) is 7.33. The van der Waals surface area contributed by atoms with E-state index < -0.39 is 0 Å². The third-order valence-corrected chi connectivity index (χ3v) is 4.98. The van der Waals surface area contributed by atoms with Crippen molar-refractivity contribution in [3.05, 3.63) is 71.8 Å². The van der Waals surface area contributed by atoms with Gasteiger partial charge in [-0.15, -0.1) is 0 Å². The number of benzene rings is 3. The van der Waals surface area contributed by atoms with Crippen LogP contribution in [0.5, 0.6) is 11.5 Å². The molecule has 0 aliphatic heterocycles. The SMILES string of the molecule is CCOc1cc(C=NNc2nc3ccccc3[nH]2)c(O)c(C=NNc2nc3ccccc3[nH]2)c1. The first-order valence-corrected chi connectivity index (χ1v) is 10.7. The minimum absolute atomic E-state index is 0.00812. The Morgan fingerprint density at radius 2 is 1.35 bits per heavy atom. The fourth-order valence-corrected chi connectivity index (χ4v) is 3.44. The van der Waals surface area contributed by atoms with Gasteiger partial charge in [-0.05, 0) is 43.3 Å². The van der Waals surface area contributed by atoms with Crippen molar-refractivity contribution in [3.63, 3.8) is 0 Å². The number of nitrogens with zero attached hydrogens (tertiary/aromatic N) is 4. The molecule has 0 radical (unpaired) electrons. The maximum atomic E-state index is 10.8. The van der Waals surface area contributed by atoms with Crippen molar-refractivity contribution in [2.45, 2.75) is 6.92 Å². The van der Waals surface area contributed by atoms with E-state index in [9.17, 15) is 5.11 Å². The first-order valence-electron chi connectivity index (χ1n) is 10.7. The molecular weight excluding hydrogens is 432 g/mol. The maximum Gasteiger partial charge on any atom is 0.222 e. The van der Waals surface area contributed by atoms with Crippen molar-refractivity contribution in [3.8, 4) is 11.5 Å². The van der Waals surface area contributed by atoms with Gasteiger partial charge in [0.15, 0.2) is 0 Å². The highest BCUT2D eigenvalue weighted by Gasteiger charge is 2.09. The summed E-state index contributed by atoms with van der Waals surface area (Å²) >= 11 is 0. The molecule has 0 saturated carbocycles. The summed E-state index contributed by atoms with van der Waals surface area (Å²) in [4.78, 5) is 15.1. The van der Waals surface area contributed by atoms with E-state index in [4.69, 9.17) is 4.74 Å². The lowest BCUT2D eigenvalue weighted by Crippen LogP contribution is -1.99. The van der Waals surface area contributed by atoms with Gasteiger partial charge < -0.3 is 19.8 Å². The number of ether oxygens (including phenoxy) is 1. The van der Waals surface area contributed by atoms with Gasteiger partial charge in [-0.2, -0.15) is 10.2 Å². The summed E-state index contributed by atoms with van der Waals surface area (Å²) in [5.41, 5.74) is 10.1. The largest absolute Gasteiger partial charge is 0.507 e. The monoisotopic (exact) mass is 454 g/mol. The van der Waals surface area contributed by atoms with Crippen LogP contribution >= 0.6 is 0 Å². The normalized spacial score (nSPS) is 11.7. The number of fused-ring (bicyclic) bond motifs is 2. The minimum atomic E-state index is 0.00812. The molecule has 0 saturated heterocycles. The minimum Gasteiger partial charge on any atom is -0.507 e. The predicted molar refractivity (Wildman–Crippen MR) is 134 cm³/mol. The Morgan fingerprint density at radius 1 is 0.853 bits per heavy atom. The number of rotatable bonds is 8. The van der Waals surface area contributed by atoms with E-state index in [0.29, 0.717) is 35.4 Å². The fraction of sp³-hybridized carbons (Fsp3) is 0.0833. The van der Waals surface area contributed by atoms with Gasteiger partial charge in [0, 0.05) is 11.1 Å². The highest BCUT2D eigenvalue weighted by molar-refractivity contribution is 5.93. The van der Waals surface area contributed by atoms with Crippen LogP contribution in [-0.2, 0) is 0 Å². The van der Waals surface area contributed by atoms with Crippen molar-refractivity contribution < 1.29 is 9.84 Å². The molecule has 0 unspecified atom stereocenters. The quantitative estimate of drug-likeness (QED) is 0.174. The maximum absolute atomic E-state index is 10.8. The van der Waals surface area contributed by atoms with Gasteiger partial charge >= 0.3 is 0 Å². The number of phenolic OH excluding ortho intramolecular Hbond substituents is 1. The number of hydrazone groups is 2. The highest BCUT2D eigenvalue weighted by atomic mass is 16.5. The summed E-state index contributed by atoms with van der Waals surface area (Å²) in [6, 6.07) is 18.8. The van der Waals surface area contributed by atoms with Crippen LogP contribution in [0.2, 0.25) is 0 Å². The van der Waals surface area contributed by atoms with E-state index in [2.05, 4.69) is 41.0 Å². The molecule has 2 aromatic heterocycles. The predicted octanol–water partition coefficient (Wildman–Crippen LogP) is 4.44. The second kappa shape index (κ2) is 9.33. The van der Waals surface area contributed by atoms with E-state index in [0.717, 1.165) is 22.1 Å². The Bertz CT molecular complexity index is 1330. The van der Waals surface area contributed by atoms with Gasteiger partial charge in [0.1, 0.15) is 11.5 Å². The lowest BCUT2D eigenvalue weighted by atomic mass is 10.1. The van der Waals surface area contributed by atoms with Gasteiger partial charge in [-0.1, -0.05) is 24.3 Å². The number of aromatic amines is 2. The van der Waals surface area contributed by atoms with Gasteiger partial charge in [0.25, 0.3) is 0 Å². The van der Waals surface area contributed by atoms with Crippen LogP contribution in [0.1, 0.15) is 18.1 Å². The molecule has 3 aromatic carbocycles. The van der Waals surface area contributed by atoms with Gasteiger partial charge in [-0.25, -0.2) is 20.8 Å². The molecule has 34 heavy (non-hydrogen) atoms. The summed E-state index contributed by atoms with van der Waals surface area (Å²) in [5, 5.41) is 19.2. The van der Waals surface area contributed by atoms with Crippen molar-refractivity contribution in [1.82, 2.24) is 19.9 Å². The zero-order chi connectivity index (χ0) is 23.3. The topological polar surface area (TPSA) is 136 Å². The summed E-state index contributed by atoms with van der Waals surface area (Å²) in [6.07, 6.45) is 2.99. The molecule has 0 aliphatic carbocycles. The molecule has 10 heteroatoms. The Kier molecular flexibility index (Phi) is 5.76. The second-order valence-corrected chi connectivity index (χ2v) is 7.33. The summed E-state index contributed by atoms with van der Waals surface area (Å²) in [6.45, 7) is 2.37. The van der Waals surface area contributed by atoms with Crippen LogP contribution < -0.4 is 15.6 Å². The smallest absolute Gasteiger partial charge is 0.222 e. The zero-order valence-electron chi connectivity index (χ0n) is 18.3. The standard InChI is InChI=1S/C24H22N8O2/c1-2-34-17-11-15(13-25-31-23-27-18-7-3-4-8-19(18)28-23)22(33)16(12-17)14-26-32-24-29-20-9-5-6-10-21(20)30-24/h3-14,33H,2H2,1H3,(H2,27,28,31)(H2,29,30,32). The van der Waals surface area contributed by atoms with Crippen molar-refractivity contribution >= 4 is 46.4 Å². The van der Waals surface area contributed by atoms with Gasteiger partial charge in [0.2, 0.25) is 11.9 Å². The number of hydrogen-bond acceptors (Lipinski definition) is 8. The summed E-state index contributed by atoms with van der Waals surface area (Å²) in [5.74, 6) is 1.58. The zero-order valence-corrected chi connectivity index (χ0v) is 18.3. The Labute approximate surface area is 194 Å². The number of hydrogen-bond donors (Lipinski definition) is 5. The Morgan fingerprint density at radius 3 is 1.82 bits per heavy atom. The van der Waals surface area contributed by atoms with Crippen LogP contribution in [0, 0.1) is 0 Å². The Hall–Kier alpha value is -4.86. The van der Waals surface area contributed by atoms with E-state index in [1.807, 2.05) is 55.5 Å². The van der Waals surface area contributed by atoms with E-state index in [1.165, 1.54) is 12.4 Å². The van der Waals surface area contributed by atoms with Crippen molar-refractivity contribution in [2.75, 3.05) is 17.5 Å². The van der Waals surface area contributed by atoms with Crippen LogP contribution in [0.4, 0.5) is 11.9 Å². The highest BCUT2D eigenvalue weighted by Crippen LogP contribution is 2.27. The molecule has 0 atom stereocenters. The molecule has 5 aromatic rings. The summed E-state index contributed by atoms with van der Waals surface area (Å²) < 4.78 is 5.64. The molecule has 0 bridgehead atoms. The average Bonchev–Trinajstić information content (AvgIpc) is 3.45. The van der Waals surface area contributed by atoms with Gasteiger partial charge in [-0.3, -0.25) is 0 Å². The van der Waals surface area contributed by atoms with Crippen LogP contribution in [-0.4, -0.2) is 44.1 Å². The molecule has 5 N–H and O–H groups in total. The fourth-order valence-electron chi connectivity index (χ4n) is 3.44. The number of aromatic hydroxyl groups is 1. The molecule has 0 aliphatic rings. The molecule has 0 fully saturated rings. The van der Waals surface area contributed by atoms with Crippen molar-refractivity contribution in [1.29, 1.82) is 0 Å². The first-order chi connectivity index (χ1) is 16.7. The number of H-pyrrole nitrogens is 2. The lowest BCUT2D eigenvalue weighted by molar-refractivity contribution is 0.339. The summed E-state index contributed by atoms with van der Waals surface area (Å²) in [7, 11) is 0. The number of phenols is 1. The molecule has 2 heterocycles. The van der Waals surface area contributed by atoms with E-state index >= 15 is 0 Å². The third-order valence-electron chi connectivity index (χ3n) is 4.98. The molecule has 10 nitrogen and oxygen atoms in total. The molecule has 5 rings (SSSR count). The number of anilines is 2. The third kappa shape index (κ3) is 4.51. The van der Waals surface area contributed by atoms with Gasteiger partial charge in [0.05, 0.1) is 41.1 Å². The molecular formula is C24H22N8O2. The van der Waals surface area contributed by atoms with Crippen LogP contribution in [0.3, 0.4) is 0 Å².